The summed E-state index contributed by atoms with van der Waals surface area (Å²) in [6.45, 7) is 0. The van der Waals surface area contributed by atoms with E-state index in [4.69, 9.17) is 18.9 Å². The van der Waals surface area contributed by atoms with Gasteiger partial charge in [-0.1, -0.05) is 12.1 Å². The summed E-state index contributed by atoms with van der Waals surface area (Å²) in [6.07, 6.45) is 2.10. The number of methoxy groups -OCH3 is 4. The van der Waals surface area contributed by atoms with Crippen molar-refractivity contribution in [3.05, 3.63) is 82.9 Å². The normalized spacial score (nSPS) is 10.8. The molecule has 0 bridgehead atoms. The van der Waals surface area contributed by atoms with Crippen LogP contribution in [-0.4, -0.2) is 48.9 Å². The van der Waals surface area contributed by atoms with Crippen LogP contribution in [0.2, 0.25) is 0 Å². The van der Waals surface area contributed by atoms with Gasteiger partial charge in [-0.2, -0.15) is 0 Å². The molecule has 0 heterocycles. The molecule has 0 radical (unpaired) electrons. The molecule has 0 fully saturated rings. The van der Waals surface area contributed by atoms with Crippen molar-refractivity contribution in [1.29, 1.82) is 0 Å². The number of phenolic OH excluding ortho intramolecular Hbond substituents is 4. The number of hydrogen-bond donors (Lipinski definition) is 4. The number of aryl methyl sites for hydroxylation is 4. The summed E-state index contributed by atoms with van der Waals surface area (Å²) in [6, 6.07) is 17.0. The number of aromatic hydroxyl groups is 4. The highest BCUT2D eigenvalue weighted by Gasteiger charge is 2.17. The fourth-order valence-electron chi connectivity index (χ4n) is 4.70. The zero-order valence-corrected chi connectivity index (χ0v) is 23.0. The second-order valence-corrected chi connectivity index (χ2v) is 9.37. The Kier molecular flexibility index (Phi) is 8.79. The van der Waals surface area contributed by atoms with E-state index in [0.717, 1.165) is 11.1 Å². The molecular weight excluding hydrogens is 512 g/mol. The number of benzene rings is 4. The highest BCUT2D eigenvalue weighted by atomic mass is 16.5. The van der Waals surface area contributed by atoms with Crippen molar-refractivity contribution >= 4 is 0 Å². The van der Waals surface area contributed by atoms with Gasteiger partial charge in [0.2, 0.25) is 0 Å². The maximum Gasteiger partial charge on any atom is 0.160 e. The predicted octanol–water partition coefficient (Wildman–Crippen LogP) is 5.78. The third-order valence-corrected chi connectivity index (χ3v) is 6.95. The first-order valence-electron chi connectivity index (χ1n) is 12.8. The minimum absolute atomic E-state index is 0.0234. The van der Waals surface area contributed by atoms with E-state index < -0.39 is 0 Å². The van der Waals surface area contributed by atoms with Crippen molar-refractivity contribution < 1.29 is 39.4 Å². The summed E-state index contributed by atoms with van der Waals surface area (Å²) in [4.78, 5) is 0. The smallest absolute Gasteiger partial charge is 0.160 e. The maximum absolute atomic E-state index is 10.8. The summed E-state index contributed by atoms with van der Waals surface area (Å²) >= 11 is 0. The van der Waals surface area contributed by atoms with Crippen LogP contribution >= 0.6 is 0 Å². The first-order valence-corrected chi connectivity index (χ1v) is 12.8. The molecule has 0 atom stereocenters. The Morgan fingerprint density at radius 2 is 0.800 bits per heavy atom. The van der Waals surface area contributed by atoms with E-state index in [2.05, 4.69) is 0 Å². The van der Waals surface area contributed by atoms with Crippen molar-refractivity contribution in [2.45, 2.75) is 25.7 Å². The molecule has 0 aromatic heterocycles. The molecular formula is C32H34O8. The predicted molar refractivity (Wildman–Crippen MR) is 152 cm³/mol. The molecule has 4 N–H and O–H groups in total. The lowest BCUT2D eigenvalue weighted by molar-refractivity contribution is 0.354. The zero-order valence-electron chi connectivity index (χ0n) is 23.0. The summed E-state index contributed by atoms with van der Waals surface area (Å²) in [5.74, 6) is 2.21. The van der Waals surface area contributed by atoms with Crippen LogP contribution in [0.5, 0.6) is 46.0 Å². The summed E-state index contributed by atoms with van der Waals surface area (Å²) in [5.41, 5.74) is 3.48. The minimum Gasteiger partial charge on any atom is -0.508 e. The molecule has 0 amide bonds. The van der Waals surface area contributed by atoms with Crippen LogP contribution in [0.1, 0.15) is 22.3 Å². The van der Waals surface area contributed by atoms with Crippen LogP contribution in [-0.2, 0) is 25.7 Å². The molecule has 0 saturated carbocycles. The van der Waals surface area contributed by atoms with Gasteiger partial charge in [-0.15, -0.1) is 0 Å². The molecule has 0 spiro atoms. The Bertz CT molecular complexity index is 1380. The van der Waals surface area contributed by atoms with E-state index in [9.17, 15) is 20.4 Å². The average Bonchev–Trinajstić information content (AvgIpc) is 2.97. The number of ether oxygens (including phenoxy) is 4. The lowest BCUT2D eigenvalue weighted by Gasteiger charge is -2.14. The van der Waals surface area contributed by atoms with Crippen molar-refractivity contribution in [2.24, 2.45) is 0 Å². The van der Waals surface area contributed by atoms with Crippen molar-refractivity contribution in [2.75, 3.05) is 28.4 Å². The SMILES string of the molecule is COc1ccc(CCc2cc(O)c(-c3cc(O)c(CCc4ccc(OC)c(OC)c4)cc3O)cc2O)cc1OC. The van der Waals surface area contributed by atoms with E-state index in [1.54, 1.807) is 28.4 Å². The van der Waals surface area contributed by atoms with Crippen LogP contribution in [0.3, 0.4) is 0 Å². The largest absolute Gasteiger partial charge is 0.508 e. The van der Waals surface area contributed by atoms with Gasteiger partial charge in [0, 0.05) is 11.1 Å². The molecule has 0 unspecified atom stereocenters. The van der Waals surface area contributed by atoms with Gasteiger partial charge in [0.05, 0.1) is 28.4 Å². The Labute approximate surface area is 233 Å². The average molecular weight is 547 g/mol. The molecule has 210 valence electrons. The minimum atomic E-state index is -0.118. The third kappa shape index (κ3) is 6.12. The fraction of sp³-hybridized carbons (Fsp3) is 0.250. The second kappa shape index (κ2) is 12.4. The monoisotopic (exact) mass is 546 g/mol. The molecule has 4 aromatic carbocycles. The fourth-order valence-corrected chi connectivity index (χ4v) is 4.70. The van der Waals surface area contributed by atoms with E-state index in [1.165, 1.54) is 24.3 Å². The molecule has 4 aromatic rings. The molecule has 8 nitrogen and oxygen atoms in total. The van der Waals surface area contributed by atoms with Gasteiger partial charge in [-0.3, -0.25) is 0 Å². The quantitative estimate of drug-likeness (QED) is 0.175. The number of rotatable bonds is 11. The Hall–Kier alpha value is -4.72. The summed E-state index contributed by atoms with van der Waals surface area (Å²) < 4.78 is 21.3. The van der Waals surface area contributed by atoms with Crippen LogP contribution < -0.4 is 18.9 Å². The van der Waals surface area contributed by atoms with Gasteiger partial charge in [-0.05, 0) is 96.5 Å². The van der Waals surface area contributed by atoms with Gasteiger partial charge in [0.1, 0.15) is 23.0 Å². The van der Waals surface area contributed by atoms with Gasteiger partial charge in [-0.25, -0.2) is 0 Å². The van der Waals surface area contributed by atoms with Crippen LogP contribution in [0.15, 0.2) is 60.7 Å². The maximum atomic E-state index is 10.8. The van der Waals surface area contributed by atoms with Crippen LogP contribution in [0.25, 0.3) is 11.1 Å². The second-order valence-electron chi connectivity index (χ2n) is 9.37. The van der Waals surface area contributed by atoms with E-state index in [1.807, 2.05) is 36.4 Å². The lowest BCUT2D eigenvalue weighted by atomic mass is 9.95. The van der Waals surface area contributed by atoms with Crippen LogP contribution in [0.4, 0.5) is 0 Å². The third-order valence-electron chi connectivity index (χ3n) is 6.95. The first-order chi connectivity index (χ1) is 19.3. The molecule has 0 aliphatic carbocycles. The molecule has 0 aliphatic heterocycles. The van der Waals surface area contributed by atoms with Crippen molar-refractivity contribution in [3.63, 3.8) is 0 Å². The Balaban J connectivity index is 1.50. The molecule has 40 heavy (non-hydrogen) atoms. The van der Waals surface area contributed by atoms with Crippen LogP contribution in [0, 0.1) is 0 Å². The number of hydrogen-bond acceptors (Lipinski definition) is 8. The van der Waals surface area contributed by atoms with E-state index >= 15 is 0 Å². The topological polar surface area (TPSA) is 118 Å². The lowest BCUT2D eigenvalue weighted by Crippen LogP contribution is -1.97. The van der Waals surface area contributed by atoms with Crippen molar-refractivity contribution in [3.8, 4) is 57.1 Å². The highest BCUT2D eigenvalue weighted by Crippen LogP contribution is 2.42. The summed E-state index contributed by atoms with van der Waals surface area (Å²) in [5, 5.41) is 43.0. The summed E-state index contributed by atoms with van der Waals surface area (Å²) in [7, 11) is 6.29. The van der Waals surface area contributed by atoms with E-state index in [-0.39, 0.29) is 34.1 Å². The zero-order chi connectivity index (χ0) is 28.8. The molecule has 0 aliphatic rings. The highest BCUT2D eigenvalue weighted by molar-refractivity contribution is 5.79. The van der Waals surface area contributed by atoms with Gasteiger partial charge in [0.15, 0.2) is 23.0 Å². The molecule has 4 rings (SSSR count). The standard InChI is InChI=1S/C32H34O8/c1-37-29-11-7-19(13-31(29)39-3)5-9-21-15-27(35)23(17-25(21)33)24-18-26(34)22(16-28(24)36)10-6-20-8-12-30(38-2)32(14-20)40-4/h7-8,11-18,33-36H,5-6,9-10H2,1-4H3. The Morgan fingerprint density at radius 3 is 1.15 bits per heavy atom. The van der Waals surface area contributed by atoms with Gasteiger partial charge >= 0.3 is 0 Å². The number of phenols is 4. The first kappa shape index (κ1) is 28.3. The van der Waals surface area contributed by atoms with Crippen molar-refractivity contribution in [1.82, 2.24) is 0 Å². The van der Waals surface area contributed by atoms with Gasteiger partial charge in [0.25, 0.3) is 0 Å². The molecule has 8 heteroatoms. The molecule has 0 saturated heterocycles. The Morgan fingerprint density at radius 1 is 0.425 bits per heavy atom. The van der Waals surface area contributed by atoms with E-state index in [0.29, 0.717) is 59.8 Å². The van der Waals surface area contributed by atoms with Gasteiger partial charge < -0.3 is 39.4 Å².